The van der Waals surface area contributed by atoms with E-state index in [2.05, 4.69) is 40.3 Å². The van der Waals surface area contributed by atoms with Gasteiger partial charge in [-0.1, -0.05) is 30.3 Å². The first-order chi connectivity index (χ1) is 10.3. The molecule has 2 aromatic heterocycles. The summed E-state index contributed by atoms with van der Waals surface area (Å²) in [7, 11) is 0. The van der Waals surface area contributed by atoms with E-state index in [9.17, 15) is 0 Å². The minimum Gasteiger partial charge on any atom is -0.244 e. The van der Waals surface area contributed by atoms with Gasteiger partial charge in [0.25, 0.3) is 0 Å². The Labute approximate surface area is 123 Å². The predicted octanol–water partition coefficient (Wildman–Crippen LogP) is 3.61. The van der Waals surface area contributed by atoms with Crippen molar-refractivity contribution in [3.05, 3.63) is 65.5 Å². The van der Waals surface area contributed by atoms with Crippen molar-refractivity contribution in [2.75, 3.05) is 0 Å². The molecule has 1 aliphatic rings. The van der Waals surface area contributed by atoms with Crippen molar-refractivity contribution in [2.45, 2.75) is 19.8 Å². The highest BCUT2D eigenvalue weighted by Crippen LogP contribution is 2.33. The van der Waals surface area contributed by atoms with Crippen LogP contribution in [0.2, 0.25) is 0 Å². The maximum atomic E-state index is 4.84. The average molecular weight is 273 g/mol. The van der Waals surface area contributed by atoms with Crippen molar-refractivity contribution in [1.29, 1.82) is 0 Å². The van der Waals surface area contributed by atoms with Gasteiger partial charge in [0.2, 0.25) is 0 Å². The van der Waals surface area contributed by atoms with Gasteiger partial charge in [-0.3, -0.25) is 0 Å². The molecule has 0 amide bonds. The molecule has 0 fully saturated rings. The minimum absolute atomic E-state index is 0.695. The molecule has 0 saturated carbocycles. The van der Waals surface area contributed by atoms with E-state index in [1.54, 1.807) is 6.20 Å². The van der Waals surface area contributed by atoms with E-state index in [4.69, 9.17) is 4.98 Å². The monoisotopic (exact) mass is 273 g/mol. The molecule has 0 atom stereocenters. The van der Waals surface area contributed by atoms with Gasteiger partial charge in [-0.15, -0.1) is 0 Å². The lowest BCUT2D eigenvalue weighted by Gasteiger charge is -2.19. The lowest BCUT2D eigenvalue weighted by molar-refractivity contribution is 0.926. The van der Waals surface area contributed by atoms with Crippen LogP contribution in [0.4, 0.5) is 0 Å². The van der Waals surface area contributed by atoms with Gasteiger partial charge >= 0.3 is 0 Å². The van der Waals surface area contributed by atoms with Gasteiger partial charge in [-0.2, -0.15) is 0 Å². The molecular formula is C18H15N3. The van der Waals surface area contributed by atoms with Crippen molar-refractivity contribution in [3.63, 3.8) is 0 Å². The Morgan fingerprint density at radius 3 is 2.62 bits per heavy atom. The second kappa shape index (κ2) is 4.77. The van der Waals surface area contributed by atoms with Crippen LogP contribution in [0.3, 0.4) is 0 Å². The lowest BCUT2D eigenvalue weighted by Crippen LogP contribution is -2.06. The summed E-state index contributed by atoms with van der Waals surface area (Å²) in [5.74, 6) is 0.695. The lowest BCUT2D eigenvalue weighted by atomic mass is 9.89. The highest BCUT2D eigenvalue weighted by molar-refractivity contribution is 5.71. The molecule has 4 rings (SSSR count). The Hall–Kier alpha value is -2.55. The topological polar surface area (TPSA) is 38.7 Å². The van der Waals surface area contributed by atoms with Crippen LogP contribution in [0.1, 0.15) is 16.8 Å². The number of nitrogens with zero attached hydrogens (tertiary/aromatic N) is 3. The van der Waals surface area contributed by atoms with Crippen LogP contribution in [0, 0.1) is 6.92 Å². The summed E-state index contributed by atoms with van der Waals surface area (Å²) in [6.07, 6.45) is 3.92. The number of hydrogen-bond acceptors (Lipinski definition) is 3. The Balaban J connectivity index is 1.88. The molecule has 0 saturated heterocycles. The number of fused-ring (bicyclic) bond motifs is 3. The average Bonchev–Trinajstić information content (AvgIpc) is 2.54. The zero-order valence-corrected chi connectivity index (χ0v) is 11.9. The summed E-state index contributed by atoms with van der Waals surface area (Å²) >= 11 is 0. The molecule has 0 bridgehead atoms. The molecule has 0 radical (unpaired) electrons. The van der Waals surface area contributed by atoms with E-state index in [1.807, 2.05) is 19.1 Å². The summed E-state index contributed by atoms with van der Waals surface area (Å²) in [5, 5.41) is 0. The number of hydrogen-bond donors (Lipinski definition) is 0. The van der Waals surface area contributed by atoms with E-state index in [1.165, 1.54) is 16.7 Å². The first-order valence-electron chi connectivity index (χ1n) is 7.19. The second-order valence-electron chi connectivity index (χ2n) is 5.38. The van der Waals surface area contributed by atoms with Crippen molar-refractivity contribution in [3.8, 4) is 22.8 Å². The molecule has 1 aliphatic carbocycles. The third kappa shape index (κ3) is 2.11. The third-order valence-electron chi connectivity index (χ3n) is 3.94. The van der Waals surface area contributed by atoms with Crippen molar-refractivity contribution in [1.82, 2.24) is 15.0 Å². The number of aromatic nitrogens is 3. The van der Waals surface area contributed by atoms with Crippen molar-refractivity contribution in [2.24, 2.45) is 0 Å². The summed E-state index contributed by atoms with van der Waals surface area (Å²) in [6, 6.07) is 14.6. The summed E-state index contributed by atoms with van der Waals surface area (Å²) in [4.78, 5) is 13.7. The molecule has 1 aromatic carbocycles. The van der Waals surface area contributed by atoms with Gasteiger partial charge in [0.05, 0.1) is 5.69 Å². The van der Waals surface area contributed by atoms with Crippen LogP contribution in [0.25, 0.3) is 22.8 Å². The number of pyridine rings is 1. The van der Waals surface area contributed by atoms with Crippen LogP contribution in [0.15, 0.2) is 48.7 Å². The van der Waals surface area contributed by atoms with E-state index in [-0.39, 0.29) is 0 Å². The Morgan fingerprint density at radius 1 is 0.857 bits per heavy atom. The van der Waals surface area contributed by atoms with E-state index < -0.39 is 0 Å². The number of benzene rings is 1. The Bertz CT molecular complexity index is 824. The Kier molecular flexibility index (Phi) is 2.78. The van der Waals surface area contributed by atoms with E-state index in [0.29, 0.717) is 5.82 Å². The van der Waals surface area contributed by atoms with Gasteiger partial charge in [-0.05, 0) is 43.0 Å². The standard InChI is InChI=1S/C18H15N3/c1-12-10-11-19-18(20-12)16-9-8-14-7-6-13-4-2-3-5-15(13)17(14)21-16/h2-5,8-11H,6-7H2,1H3. The third-order valence-corrected chi connectivity index (χ3v) is 3.94. The van der Waals surface area contributed by atoms with Gasteiger partial charge in [-0.25, -0.2) is 15.0 Å². The molecule has 0 N–H and O–H groups in total. The molecular weight excluding hydrogens is 258 g/mol. The Morgan fingerprint density at radius 2 is 1.71 bits per heavy atom. The quantitative estimate of drug-likeness (QED) is 0.680. The fraction of sp³-hybridized carbons (Fsp3) is 0.167. The van der Waals surface area contributed by atoms with Crippen LogP contribution >= 0.6 is 0 Å². The number of aryl methyl sites for hydroxylation is 3. The molecule has 21 heavy (non-hydrogen) atoms. The largest absolute Gasteiger partial charge is 0.244 e. The maximum absolute atomic E-state index is 4.84. The van der Waals surface area contributed by atoms with Gasteiger partial charge in [0.15, 0.2) is 5.82 Å². The van der Waals surface area contributed by atoms with Gasteiger partial charge in [0, 0.05) is 17.5 Å². The van der Waals surface area contributed by atoms with Crippen LogP contribution in [-0.2, 0) is 12.8 Å². The zero-order valence-electron chi connectivity index (χ0n) is 11.9. The van der Waals surface area contributed by atoms with Crippen LogP contribution < -0.4 is 0 Å². The first-order valence-corrected chi connectivity index (χ1v) is 7.19. The highest BCUT2D eigenvalue weighted by Gasteiger charge is 2.18. The zero-order chi connectivity index (χ0) is 14.2. The minimum atomic E-state index is 0.695. The molecule has 3 heteroatoms. The highest BCUT2D eigenvalue weighted by atomic mass is 14.9. The fourth-order valence-corrected chi connectivity index (χ4v) is 2.86. The molecule has 0 spiro atoms. The predicted molar refractivity (Wildman–Crippen MR) is 82.8 cm³/mol. The van der Waals surface area contributed by atoms with Gasteiger partial charge in [0.1, 0.15) is 5.69 Å². The molecule has 0 aliphatic heterocycles. The van der Waals surface area contributed by atoms with Crippen LogP contribution in [-0.4, -0.2) is 15.0 Å². The summed E-state index contributed by atoms with van der Waals surface area (Å²) in [6.45, 7) is 1.97. The maximum Gasteiger partial charge on any atom is 0.178 e. The number of rotatable bonds is 1. The van der Waals surface area contributed by atoms with Crippen molar-refractivity contribution >= 4 is 0 Å². The molecule has 3 aromatic rings. The summed E-state index contributed by atoms with van der Waals surface area (Å²) < 4.78 is 0. The normalized spacial score (nSPS) is 12.6. The van der Waals surface area contributed by atoms with Crippen molar-refractivity contribution < 1.29 is 0 Å². The molecule has 3 nitrogen and oxygen atoms in total. The van der Waals surface area contributed by atoms with Crippen LogP contribution in [0.5, 0.6) is 0 Å². The molecule has 2 heterocycles. The second-order valence-corrected chi connectivity index (χ2v) is 5.38. The van der Waals surface area contributed by atoms with E-state index in [0.717, 1.165) is 29.9 Å². The molecule has 102 valence electrons. The summed E-state index contributed by atoms with van der Waals surface area (Å²) in [5.41, 5.74) is 6.81. The SMILES string of the molecule is Cc1ccnc(-c2ccc3c(n2)-c2ccccc2CC3)n1. The van der Waals surface area contributed by atoms with E-state index >= 15 is 0 Å². The first kappa shape index (κ1) is 12.2. The van der Waals surface area contributed by atoms with Gasteiger partial charge < -0.3 is 0 Å². The molecule has 0 unspecified atom stereocenters. The smallest absolute Gasteiger partial charge is 0.178 e. The fourth-order valence-electron chi connectivity index (χ4n) is 2.86.